The second-order valence-electron chi connectivity index (χ2n) is 6.41. The largest absolute Gasteiger partial charge is 0.492 e. The number of H-pyrrole nitrogens is 1. The third-order valence-electron chi connectivity index (χ3n) is 4.60. The van der Waals surface area contributed by atoms with Crippen LogP contribution < -0.4 is 10.1 Å². The Bertz CT molecular complexity index is 1230. The third kappa shape index (κ3) is 4.07. The van der Waals surface area contributed by atoms with Gasteiger partial charge in [0.2, 0.25) is 9.84 Å². The number of ether oxygens (including phenoxy) is 1. The van der Waals surface area contributed by atoms with Crippen molar-refractivity contribution in [2.75, 3.05) is 19.7 Å². The van der Waals surface area contributed by atoms with E-state index in [4.69, 9.17) is 4.74 Å². The van der Waals surface area contributed by atoms with Crippen LogP contribution in [-0.2, 0) is 9.84 Å². The number of rotatable bonds is 7. The summed E-state index contributed by atoms with van der Waals surface area (Å²) in [6.45, 7) is 4.13. The molecule has 0 saturated carbocycles. The average molecular weight is 432 g/mol. The van der Waals surface area contributed by atoms with Crippen molar-refractivity contribution in [3.63, 3.8) is 0 Å². The van der Waals surface area contributed by atoms with Crippen LogP contribution in [0, 0.1) is 0 Å². The minimum atomic E-state index is -3.78. The molecule has 152 valence electrons. The van der Waals surface area contributed by atoms with Crippen molar-refractivity contribution in [1.29, 1.82) is 0 Å². The fourth-order valence-corrected chi connectivity index (χ4v) is 4.79. The molecule has 4 rings (SSSR count). The molecular formula is C21H22ClN3O3S. The van der Waals surface area contributed by atoms with E-state index < -0.39 is 9.84 Å². The highest BCUT2D eigenvalue weighted by atomic mass is 35.5. The van der Waals surface area contributed by atoms with Crippen LogP contribution in [0.2, 0.25) is 0 Å². The first-order valence-corrected chi connectivity index (χ1v) is 10.6. The van der Waals surface area contributed by atoms with Crippen molar-refractivity contribution < 1.29 is 13.2 Å². The maximum Gasteiger partial charge on any atom is 0.224 e. The highest BCUT2D eigenvalue weighted by molar-refractivity contribution is 7.91. The van der Waals surface area contributed by atoms with Crippen LogP contribution in [0.25, 0.3) is 21.7 Å². The molecule has 2 N–H and O–H groups in total. The summed E-state index contributed by atoms with van der Waals surface area (Å²) in [5, 5.41) is 12.2. The number of halogens is 1. The quantitative estimate of drug-likeness (QED) is 0.433. The first-order chi connectivity index (χ1) is 13.6. The van der Waals surface area contributed by atoms with Gasteiger partial charge < -0.3 is 10.1 Å². The molecule has 0 aliphatic carbocycles. The first-order valence-electron chi connectivity index (χ1n) is 9.16. The number of benzene rings is 3. The van der Waals surface area contributed by atoms with E-state index in [1.165, 1.54) is 0 Å². The summed E-state index contributed by atoms with van der Waals surface area (Å²) >= 11 is 0. The molecule has 1 heterocycles. The van der Waals surface area contributed by atoms with Crippen LogP contribution in [0.1, 0.15) is 6.92 Å². The summed E-state index contributed by atoms with van der Waals surface area (Å²) in [5.74, 6) is 0.612. The molecule has 4 aromatic rings. The Balaban J connectivity index is 0.00000240. The molecule has 0 aliphatic heterocycles. The number of hydrogen-bond donors (Lipinski definition) is 2. The molecule has 0 atom stereocenters. The normalized spacial score (nSPS) is 11.5. The number of aromatic amines is 1. The van der Waals surface area contributed by atoms with Gasteiger partial charge in [0.25, 0.3) is 0 Å². The first kappa shape index (κ1) is 21.1. The van der Waals surface area contributed by atoms with Crippen LogP contribution >= 0.6 is 12.4 Å². The number of sulfone groups is 1. The molecule has 0 amide bonds. The van der Waals surface area contributed by atoms with Crippen LogP contribution in [0.3, 0.4) is 0 Å². The van der Waals surface area contributed by atoms with Crippen LogP contribution in [0.5, 0.6) is 5.75 Å². The highest BCUT2D eigenvalue weighted by Gasteiger charge is 2.25. The van der Waals surface area contributed by atoms with Crippen LogP contribution in [0.4, 0.5) is 0 Å². The molecule has 1 aromatic heterocycles. The predicted octanol–water partition coefficient (Wildman–Crippen LogP) is 3.96. The van der Waals surface area contributed by atoms with Crippen molar-refractivity contribution in [2.24, 2.45) is 0 Å². The SMILES string of the molecule is CCNCCOc1ccc2n[nH]c(S(=O)(=O)c3cccc4ccccc34)c2c1.Cl. The topological polar surface area (TPSA) is 84.1 Å². The molecule has 0 spiro atoms. The van der Waals surface area contributed by atoms with Crippen molar-refractivity contribution >= 4 is 43.9 Å². The van der Waals surface area contributed by atoms with Crippen molar-refractivity contribution in [1.82, 2.24) is 15.5 Å². The Morgan fingerprint density at radius 1 is 1.03 bits per heavy atom. The molecule has 0 aliphatic rings. The van der Waals surface area contributed by atoms with Gasteiger partial charge in [0.1, 0.15) is 12.4 Å². The van der Waals surface area contributed by atoms with Gasteiger partial charge in [-0.15, -0.1) is 12.4 Å². The molecule has 0 saturated heterocycles. The van der Waals surface area contributed by atoms with E-state index >= 15 is 0 Å². The van der Waals surface area contributed by atoms with Gasteiger partial charge in [-0.1, -0.05) is 43.3 Å². The summed E-state index contributed by atoms with van der Waals surface area (Å²) in [6.07, 6.45) is 0. The molecule has 0 radical (unpaired) electrons. The number of hydrogen-bond acceptors (Lipinski definition) is 5. The zero-order valence-electron chi connectivity index (χ0n) is 15.9. The van der Waals surface area contributed by atoms with E-state index in [0.29, 0.717) is 28.6 Å². The molecule has 0 unspecified atom stereocenters. The Hall–Kier alpha value is -2.61. The zero-order valence-corrected chi connectivity index (χ0v) is 17.5. The molecule has 6 nitrogen and oxygen atoms in total. The van der Waals surface area contributed by atoms with Crippen molar-refractivity contribution in [3.8, 4) is 5.75 Å². The summed E-state index contributed by atoms with van der Waals surface area (Å²) in [6, 6.07) is 18.0. The molecule has 0 fully saturated rings. The van der Waals surface area contributed by atoms with Crippen molar-refractivity contribution in [3.05, 3.63) is 60.7 Å². The van der Waals surface area contributed by atoms with E-state index in [1.807, 2.05) is 37.3 Å². The Morgan fingerprint density at radius 2 is 1.83 bits per heavy atom. The van der Waals surface area contributed by atoms with Gasteiger partial charge in [-0.3, -0.25) is 5.10 Å². The highest BCUT2D eigenvalue weighted by Crippen LogP contribution is 2.32. The molecule has 3 aromatic carbocycles. The number of aromatic nitrogens is 2. The molecule has 0 bridgehead atoms. The second-order valence-corrected chi connectivity index (χ2v) is 8.27. The Labute approximate surface area is 175 Å². The van der Waals surface area contributed by atoms with Crippen molar-refractivity contribution in [2.45, 2.75) is 16.8 Å². The smallest absolute Gasteiger partial charge is 0.224 e. The standard InChI is InChI=1S/C21H21N3O3S.ClH/c1-2-22-12-13-27-16-10-11-19-18(14-16)21(24-23-19)28(25,26)20-9-5-7-15-6-3-4-8-17(15)20;/h3-11,14,22H,2,12-13H2,1H3,(H,23,24);1H. The predicted molar refractivity (Wildman–Crippen MR) is 117 cm³/mol. The fourth-order valence-electron chi connectivity index (χ4n) is 3.22. The number of fused-ring (bicyclic) bond motifs is 2. The van der Waals surface area contributed by atoms with Gasteiger partial charge in [0.05, 0.1) is 10.4 Å². The Morgan fingerprint density at radius 3 is 2.66 bits per heavy atom. The van der Waals surface area contributed by atoms with E-state index in [1.54, 1.807) is 30.3 Å². The molecule has 29 heavy (non-hydrogen) atoms. The Kier molecular flexibility index (Phi) is 6.42. The number of nitrogens with one attached hydrogen (secondary N) is 2. The molecule has 8 heteroatoms. The second kappa shape index (κ2) is 8.82. The van der Waals surface area contributed by atoms with E-state index in [0.717, 1.165) is 18.5 Å². The minimum absolute atomic E-state index is 0. The zero-order chi connectivity index (χ0) is 19.6. The average Bonchev–Trinajstić information content (AvgIpc) is 3.15. The van der Waals surface area contributed by atoms with Gasteiger partial charge in [-0.05, 0) is 36.2 Å². The summed E-state index contributed by atoms with van der Waals surface area (Å²) in [4.78, 5) is 0.259. The minimum Gasteiger partial charge on any atom is -0.492 e. The summed E-state index contributed by atoms with van der Waals surface area (Å²) in [7, 11) is -3.78. The lowest BCUT2D eigenvalue weighted by Crippen LogP contribution is -2.20. The summed E-state index contributed by atoms with van der Waals surface area (Å²) in [5.41, 5.74) is 0.581. The lowest BCUT2D eigenvalue weighted by molar-refractivity contribution is 0.316. The third-order valence-corrected chi connectivity index (χ3v) is 6.38. The van der Waals surface area contributed by atoms with Gasteiger partial charge >= 0.3 is 0 Å². The molecular weight excluding hydrogens is 410 g/mol. The maximum absolute atomic E-state index is 13.4. The van der Waals surface area contributed by atoms with E-state index in [9.17, 15) is 8.42 Å². The lowest BCUT2D eigenvalue weighted by atomic mass is 10.1. The van der Waals surface area contributed by atoms with Crippen LogP contribution in [-0.4, -0.2) is 38.3 Å². The van der Waals surface area contributed by atoms with Gasteiger partial charge in [-0.25, -0.2) is 8.42 Å². The van der Waals surface area contributed by atoms with E-state index in [-0.39, 0.29) is 22.3 Å². The van der Waals surface area contributed by atoms with Crippen LogP contribution in [0.15, 0.2) is 70.6 Å². The van der Waals surface area contributed by atoms with E-state index in [2.05, 4.69) is 15.5 Å². The summed E-state index contributed by atoms with van der Waals surface area (Å²) < 4.78 is 32.6. The fraction of sp³-hybridized carbons (Fsp3) is 0.190. The van der Waals surface area contributed by atoms with Gasteiger partial charge in [0, 0.05) is 17.3 Å². The maximum atomic E-state index is 13.4. The van der Waals surface area contributed by atoms with Gasteiger partial charge in [0.15, 0.2) is 5.03 Å². The number of nitrogens with zero attached hydrogens (tertiary/aromatic N) is 1. The monoisotopic (exact) mass is 431 g/mol. The van der Waals surface area contributed by atoms with Gasteiger partial charge in [-0.2, -0.15) is 5.10 Å². The lowest BCUT2D eigenvalue weighted by Gasteiger charge is -2.08. The number of likely N-dealkylation sites (N-methyl/N-ethyl adjacent to an activating group) is 1.